The van der Waals surface area contributed by atoms with E-state index in [0.717, 1.165) is 38.2 Å². The van der Waals surface area contributed by atoms with E-state index in [0.29, 0.717) is 0 Å². The van der Waals surface area contributed by atoms with Crippen molar-refractivity contribution in [1.29, 1.82) is 0 Å². The lowest BCUT2D eigenvalue weighted by molar-refractivity contribution is -0.130. The molecule has 0 aromatic carbocycles. The molecule has 6 heteroatoms. The molecule has 2 aliphatic rings. The van der Waals surface area contributed by atoms with E-state index in [1.54, 1.807) is 23.7 Å². The number of likely N-dealkylation sites (tertiary alicyclic amines) is 1. The summed E-state index contributed by atoms with van der Waals surface area (Å²) in [7, 11) is 0. The van der Waals surface area contributed by atoms with Crippen molar-refractivity contribution >= 4 is 17.7 Å². The average molecular weight is 229 g/mol. The smallest absolute Gasteiger partial charge is 0.219 e. The van der Waals surface area contributed by atoms with Crippen LogP contribution in [0.1, 0.15) is 19.8 Å². The third-order valence-electron chi connectivity index (χ3n) is 3.23. The Morgan fingerprint density at radius 3 is 2.53 bits per heavy atom. The van der Waals surface area contributed by atoms with Gasteiger partial charge in [-0.25, -0.2) is 5.01 Å². The van der Waals surface area contributed by atoms with Crippen molar-refractivity contribution in [3.05, 3.63) is 4.91 Å². The molecule has 0 bridgehead atoms. The van der Waals surface area contributed by atoms with E-state index in [-0.39, 0.29) is 10.8 Å². The quantitative estimate of drug-likeness (QED) is 0.631. The lowest BCUT2D eigenvalue weighted by Crippen LogP contribution is -2.49. The maximum atomic E-state index is 11.2. The molecule has 15 heavy (non-hydrogen) atoms. The number of hydrogen-bond acceptors (Lipinski definition) is 4. The number of amides is 1. The number of hydrogen-bond donors (Lipinski definition) is 0. The molecule has 2 rings (SSSR count). The van der Waals surface area contributed by atoms with Gasteiger partial charge in [-0.3, -0.25) is 4.79 Å². The molecule has 2 saturated heterocycles. The molecule has 0 radical (unpaired) electrons. The number of carbonyl (C=O) groups excluding carboxylic acids is 1. The van der Waals surface area contributed by atoms with Gasteiger partial charge in [0.1, 0.15) is 4.87 Å². The van der Waals surface area contributed by atoms with Crippen molar-refractivity contribution < 1.29 is 4.79 Å². The molecular formula is C9H15N3O2S. The monoisotopic (exact) mass is 229 g/mol. The van der Waals surface area contributed by atoms with Gasteiger partial charge in [0.15, 0.2) is 0 Å². The number of carbonyl (C=O) groups is 1. The highest BCUT2D eigenvalue weighted by Gasteiger charge is 2.45. The zero-order chi connectivity index (χ0) is 10.9. The van der Waals surface area contributed by atoms with Crippen molar-refractivity contribution in [1.82, 2.24) is 9.91 Å². The van der Waals surface area contributed by atoms with E-state index in [1.807, 2.05) is 4.90 Å². The van der Waals surface area contributed by atoms with Crippen LogP contribution < -0.4 is 0 Å². The molecule has 5 nitrogen and oxygen atoms in total. The van der Waals surface area contributed by atoms with E-state index in [1.165, 1.54) is 0 Å². The van der Waals surface area contributed by atoms with Gasteiger partial charge in [0.2, 0.25) is 5.91 Å². The van der Waals surface area contributed by atoms with Gasteiger partial charge in [-0.15, -0.1) is 16.7 Å². The van der Waals surface area contributed by atoms with Crippen LogP contribution in [0.3, 0.4) is 0 Å². The minimum absolute atomic E-state index is 0.117. The Kier molecular flexibility index (Phi) is 2.86. The van der Waals surface area contributed by atoms with Gasteiger partial charge in [-0.2, -0.15) is 0 Å². The molecule has 2 aliphatic heterocycles. The molecule has 1 spiro atoms. The van der Waals surface area contributed by atoms with Crippen LogP contribution in [0, 0.1) is 4.91 Å². The standard InChI is InChI=1S/C9H15N3O2S/c1-8(13)11-4-2-9(3-5-11)12(10-14)6-7-15-9/h2-7H2,1H3. The fraction of sp³-hybridized carbons (Fsp3) is 0.889. The second-order valence-corrected chi connectivity index (χ2v) is 5.46. The highest BCUT2D eigenvalue weighted by Crippen LogP contribution is 2.43. The Labute approximate surface area is 93.1 Å². The molecule has 84 valence electrons. The SMILES string of the molecule is CC(=O)N1CCC2(CC1)SCCN2N=O. The van der Waals surface area contributed by atoms with Gasteiger partial charge >= 0.3 is 0 Å². The molecule has 0 unspecified atom stereocenters. The zero-order valence-corrected chi connectivity index (χ0v) is 9.63. The summed E-state index contributed by atoms with van der Waals surface area (Å²) in [5, 5.41) is 4.76. The van der Waals surface area contributed by atoms with Crippen molar-refractivity contribution in [2.45, 2.75) is 24.6 Å². The van der Waals surface area contributed by atoms with Gasteiger partial charge in [-0.1, -0.05) is 0 Å². The predicted molar refractivity (Wildman–Crippen MR) is 59.2 cm³/mol. The number of thioether (sulfide) groups is 1. The van der Waals surface area contributed by atoms with Crippen LogP contribution in [-0.4, -0.2) is 46.1 Å². The van der Waals surface area contributed by atoms with Gasteiger partial charge in [0.05, 0.1) is 11.8 Å². The third kappa shape index (κ3) is 1.82. The van der Waals surface area contributed by atoms with Gasteiger partial charge in [0, 0.05) is 25.8 Å². The summed E-state index contributed by atoms with van der Waals surface area (Å²) < 4.78 is 0. The molecular weight excluding hydrogens is 214 g/mol. The molecule has 0 atom stereocenters. The van der Waals surface area contributed by atoms with Crippen LogP contribution in [0.4, 0.5) is 0 Å². The van der Waals surface area contributed by atoms with Crippen molar-refractivity contribution in [3.63, 3.8) is 0 Å². The van der Waals surface area contributed by atoms with Gasteiger partial charge in [0.25, 0.3) is 0 Å². The van der Waals surface area contributed by atoms with Crippen molar-refractivity contribution in [2.24, 2.45) is 5.29 Å². The van der Waals surface area contributed by atoms with E-state index in [4.69, 9.17) is 0 Å². The largest absolute Gasteiger partial charge is 0.343 e. The molecule has 0 N–H and O–H groups in total. The van der Waals surface area contributed by atoms with E-state index in [9.17, 15) is 9.70 Å². The van der Waals surface area contributed by atoms with Crippen LogP contribution in [0.5, 0.6) is 0 Å². The third-order valence-corrected chi connectivity index (χ3v) is 4.78. The van der Waals surface area contributed by atoms with Gasteiger partial charge in [-0.05, 0) is 12.8 Å². The molecule has 2 fully saturated rings. The van der Waals surface area contributed by atoms with Crippen LogP contribution in [0.15, 0.2) is 5.29 Å². The van der Waals surface area contributed by atoms with Crippen molar-refractivity contribution in [2.75, 3.05) is 25.4 Å². The van der Waals surface area contributed by atoms with Gasteiger partial charge < -0.3 is 4.90 Å². The normalized spacial score (nSPS) is 24.6. The molecule has 0 aromatic heterocycles. The summed E-state index contributed by atoms with van der Waals surface area (Å²) in [5.41, 5.74) is 0. The Morgan fingerprint density at radius 1 is 1.33 bits per heavy atom. The number of piperidine rings is 1. The number of nitroso groups, excluding NO2 is 1. The van der Waals surface area contributed by atoms with Crippen LogP contribution in [0.2, 0.25) is 0 Å². The average Bonchev–Trinajstić information content (AvgIpc) is 2.61. The summed E-state index contributed by atoms with van der Waals surface area (Å²) in [6, 6.07) is 0. The Balaban J connectivity index is 2.02. The minimum atomic E-state index is -0.117. The lowest BCUT2D eigenvalue weighted by Gasteiger charge is -2.41. The highest BCUT2D eigenvalue weighted by molar-refractivity contribution is 8.00. The van der Waals surface area contributed by atoms with Crippen LogP contribution in [0.25, 0.3) is 0 Å². The first kappa shape index (κ1) is 10.7. The van der Waals surface area contributed by atoms with E-state index in [2.05, 4.69) is 5.29 Å². The first-order valence-electron chi connectivity index (χ1n) is 5.18. The molecule has 0 saturated carbocycles. The summed E-state index contributed by atoms with van der Waals surface area (Å²) in [6.45, 7) is 3.83. The topological polar surface area (TPSA) is 53.0 Å². The summed E-state index contributed by atoms with van der Waals surface area (Å²) in [5.74, 6) is 1.09. The Morgan fingerprint density at radius 2 is 2.00 bits per heavy atom. The minimum Gasteiger partial charge on any atom is -0.343 e. The fourth-order valence-electron chi connectivity index (χ4n) is 2.29. The molecule has 0 aromatic rings. The molecule has 2 heterocycles. The second-order valence-electron chi connectivity index (χ2n) is 4.01. The fourth-order valence-corrected chi connectivity index (χ4v) is 3.68. The summed E-state index contributed by atoms with van der Waals surface area (Å²) >= 11 is 1.81. The maximum Gasteiger partial charge on any atom is 0.219 e. The first-order chi connectivity index (χ1) is 7.18. The second kappa shape index (κ2) is 4.00. The number of nitrogens with zero attached hydrogens (tertiary/aromatic N) is 3. The Bertz CT molecular complexity index is 277. The maximum absolute atomic E-state index is 11.2. The number of rotatable bonds is 1. The van der Waals surface area contributed by atoms with Crippen molar-refractivity contribution in [3.8, 4) is 0 Å². The first-order valence-corrected chi connectivity index (χ1v) is 6.17. The van der Waals surface area contributed by atoms with E-state index >= 15 is 0 Å². The Hall–Kier alpha value is -0.780. The lowest BCUT2D eigenvalue weighted by atomic mass is 10.0. The molecule has 0 aliphatic carbocycles. The zero-order valence-electron chi connectivity index (χ0n) is 8.81. The summed E-state index contributed by atoms with van der Waals surface area (Å²) in [6.07, 6.45) is 1.70. The van der Waals surface area contributed by atoms with E-state index < -0.39 is 0 Å². The van der Waals surface area contributed by atoms with Crippen LogP contribution >= 0.6 is 11.8 Å². The van der Waals surface area contributed by atoms with Crippen LogP contribution in [-0.2, 0) is 4.79 Å². The predicted octanol–water partition coefficient (Wildman–Crippen LogP) is 1.06. The highest BCUT2D eigenvalue weighted by atomic mass is 32.2. The molecule has 1 amide bonds. The summed E-state index contributed by atoms with van der Waals surface area (Å²) in [4.78, 5) is 23.6.